The summed E-state index contributed by atoms with van der Waals surface area (Å²) in [4.78, 5) is 33.3. The number of Topliss-reactive ketones (excluding diaryl/α,β-unsaturated/α-hetero) is 1. The molecule has 2 aromatic rings. The highest BCUT2D eigenvalue weighted by Crippen LogP contribution is 2.39. The maximum Gasteiger partial charge on any atom is 0.235 e. The van der Waals surface area contributed by atoms with E-state index in [0.717, 1.165) is 19.1 Å². The minimum Gasteiger partial charge on any atom is -0.309 e. The number of halogens is 2. The van der Waals surface area contributed by atoms with Crippen LogP contribution in [0.5, 0.6) is 0 Å². The zero-order valence-electron chi connectivity index (χ0n) is 17.2. The molecule has 1 atom stereocenters. The number of hydrogen-bond donors (Lipinski definition) is 1. The van der Waals surface area contributed by atoms with E-state index in [-0.39, 0.29) is 27.5 Å². The average Bonchev–Trinajstić information content (AvgIpc) is 2.70. The van der Waals surface area contributed by atoms with Gasteiger partial charge in [-0.1, -0.05) is 17.7 Å². The van der Waals surface area contributed by atoms with Gasteiger partial charge in [0.25, 0.3) is 0 Å². The topological polar surface area (TPSA) is 106 Å². The number of nitrogens with zero attached hydrogens (tertiary/aromatic N) is 2. The predicted octanol–water partition coefficient (Wildman–Crippen LogP) is 4.34. The molecule has 1 amide bonds. The Morgan fingerprint density at radius 3 is 2.48 bits per heavy atom. The first-order valence-corrected chi connectivity index (χ1v) is 12.9. The van der Waals surface area contributed by atoms with Crippen LogP contribution in [0, 0.1) is 5.92 Å². The third-order valence-corrected chi connectivity index (χ3v) is 7.68. The molecular weight excluding hydrogens is 506 g/mol. The van der Waals surface area contributed by atoms with Crippen molar-refractivity contribution in [3.05, 3.63) is 45.8 Å². The summed E-state index contributed by atoms with van der Waals surface area (Å²) in [5, 5.41) is 2.88. The number of anilines is 1. The quantitative estimate of drug-likeness (QED) is 0.598. The van der Waals surface area contributed by atoms with Crippen LogP contribution < -0.4 is 5.32 Å². The Morgan fingerprint density at radius 1 is 1.26 bits per heavy atom. The van der Waals surface area contributed by atoms with Crippen molar-refractivity contribution in [3.8, 4) is 0 Å². The molecule has 0 bridgehead atoms. The lowest BCUT2D eigenvalue weighted by Gasteiger charge is -2.34. The Balaban J connectivity index is 1.97. The monoisotopic (exact) mass is 527 g/mol. The first-order valence-electron chi connectivity index (χ1n) is 9.80. The van der Waals surface area contributed by atoms with Crippen molar-refractivity contribution in [2.24, 2.45) is 5.92 Å². The van der Waals surface area contributed by atoms with Crippen LogP contribution in [0.25, 0.3) is 0 Å². The first kappa shape index (κ1) is 23.8. The highest BCUT2D eigenvalue weighted by Gasteiger charge is 2.39. The van der Waals surface area contributed by atoms with Gasteiger partial charge in [0.05, 0.1) is 27.7 Å². The van der Waals surface area contributed by atoms with Crippen molar-refractivity contribution in [2.45, 2.75) is 49.3 Å². The van der Waals surface area contributed by atoms with E-state index in [1.54, 1.807) is 19.1 Å². The van der Waals surface area contributed by atoms with Crippen molar-refractivity contribution >= 4 is 54.9 Å². The summed E-state index contributed by atoms with van der Waals surface area (Å²) in [6.45, 7) is 1.80. The number of amides is 1. The zero-order chi connectivity index (χ0) is 22.8. The van der Waals surface area contributed by atoms with E-state index in [1.807, 2.05) is 0 Å². The molecule has 0 saturated heterocycles. The Bertz CT molecular complexity index is 1100. The number of sulfone groups is 1. The van der Waals surface area contributed by atoms with E-state index >= 15 is 0 Å². The molecule has 1 aromatic carbocycles. The van der Waals surface area contributed by atoms with E-state index in [1.165, 1.54) is 18.5 Å². The standard InChI is InChI=1S/C21H23BrClN3O4S/c1-21(10-13-3-6-15(27)7-4-13,20(28)26-19-12-24-18(22)11-25-19)14-5-8-17(16(23)9-14)31(2,29)30/h5,8-9,11-13H,3-4,6-7,10H2,1-2H3,(H,25,26,28). The normalized spacial score (nSPS) is 17.2. The summed E-state index contributed by atoms with van der Waals surface area (Å²) in [5.41, 5.74) is -0.413. The summed E-state index contributed by atoms with van der Waals surface area (Å²) in [6.07, 6.45) is 6.96. The molecule has 0 radical (unpaired) electrons. The van der Waals surface area contributed by atoms with Crippen molar-refractivity contribution in [1.29, 1.82) is 0 Å². The summed E-state index contributed by atoms with van der Waals surface area (Å²) in [7, 11) is -3.49. The maximum atomic E-state index is 13.4. The van der Waals surface area contributed by atoms with Gasteiger partial charge >= 0.3 is 0 Å². The molecule has 1 heterocycles. The molecule has 0 spiro atoms. The summed E-state index contributed by atoms with van der Waals surface area (Å²) in [5.74, 6) is 0.423. The molecule has 166 valence electrons. The fourth-order valence-corrected chi connectivity index (χ4v) is 5.43. The number of nitrogens with one attached hydrogen (secondary N) is 1. The summed E-state index contributed by atoms with van der Waals surface area (Å²) < 4.78 is 24.4. The van der Waals surface area contributed by atoms with Crippen molar-refractivity contribution < 1.29 is 18.0 Å². The Kier molecular flexibility index (Phi) is 7.18. The van der Waals surface area contributed by atoms with E-state index in [0.29, 0.717) is 35.2 Å². The van der Waals surface area contributed by atoms with Gasteiger partial charge in [0.15, 0.2) is 15.7 Å². The van der Waals surface area contributed by atoms with E-state index < -0.39 is 15.3 Å². The molecule has 0 aliphatic heterocycles. The number of benzene rings is 1. The lowest BCUT2D eigenvalue weighted by molar-refractivity contribution is -0.122. The third-order valence-electron chi connectivity index (χ3n) is 5.69. The van der Waals surface area contributed by atoms with Gasteiger partial charge in [-0.25, -0.2) is 18.4 Å². The largest absolute Gasteiger partial charge is 0.309 e. The van der Waals surface area contributed by atoms with Crippen LogP contribution >= 0.6 is 27.5 Å². The second-order valence-corrected chi connectivity index (χ2v) is 11.3. The lowest BCUT2D eigenvalue weighted by atomic mass is 9.71. The fraction of sp³-hybridized carbons (Fsp3) is 0.429. The Morgan fingerprint density at radius 2 is 1.94 bits per heavy atom. The van der Waals surface area contributed by atoms with Gasteiger partial charge in [-0.3, -0.25) is 9.59 Å². The van der Waals surface area contributed by atoms with Gasteiger partial charge in [-0.2, -0.15) is 0 Å². The first-order chi connectivity index (χ1) is 14.5. The van der Waals surface area contributed by atoms with Gasteiger partial charge in [0.2, 0.25) is 5.91 Å². The van der Waals surface area contributed by atoms with E-state index in [2.05, 4.69) is 31.2 Å². The SMILES string of the molecule is CC(CC1CCC(=O)CC1)(C(=O)Nc1cnc(Br)cn1)c1ccc(S(C)(=O)=O)c(Cl)c1. The summed E-state index contributed by atoms with van der Waals surface area (Å²) in [6, 6.07) is 4.60. The molecule has 31 heavy (non-hydrogen) atoms. The van der Waals surface area contributed by atoms with Gasteiger partial charge in [-0.15, -0.1) is 0 Å². The highest BCUT2D eigenvalue weighted by molar-refractivity contribution is 9.10. The number of carbonyl (C=O) groups excluding carboxylic acids is 2. The molecule has 1 saturated carbocycles. The van der Waals surface area contributed by atoms with Crippen molar-refractivity contribution in [3.63, 3.8) is 0 Å². The van der Waals surface area contributed by atoms with Crippen LogP contribution in [0.15, 0.2) is 40.1 Å². The van der Waals surface area contributed by atoms with Crippen LogP contribution in [0.3, 0.4) is 0 Å². The molecule has 1 aliphatic carbocycles. The lowest BCUT2D eigenvalue weighted by Crippen LogP contribution is -2.40. The van der Waals surface area contributed by atoms with Crippen LogP contribution in [-0.4, -0.2) is 36.3 Å². The number of rotatable bonds is 6. The molecular formula is C21H23BrClN3O4S. The Hall–Kier alpha value is -1.84. The maximum absolute atomic E-state index is 13.4. The molecule has 1 N–H and O–H groups in total. The number of carbonyl (C=O) groups is 2. The molecule has 1 unspecified atom stereocenters. The molecule has 3 rings (SSSR count). The van der Waals surface area contributed by atoms with Crippen molar-refractivity contribution in [2.75, 3.05) is 11.6 Å². The molecule has 10 heteroatoms. The van der Waals surface area contributed by atoms with Crippen LogP contribution in [0.1, 0.15) is 44.6 Å². The van der Waals surface area contributed by atoms with E-state index in [9.17, 15) is 18.0 Å². The predicted molar refractivity (Wildman–Crippen MR) is 122 cm³/mol. The minimum absolute atomic E-state index is 0.0164. The second-order valence-electron chi connectivity index (χ2n) is 8.11. The molecule has 1 aliphatic rings. The number of ketones is 1. The molecule has 1 fully saturated rings. The Labute approximate surface area is 195 Å². The molecule has 1 aromatic heterocycles. The second kappa shape index (κ2) is 9.34. The third kappa shape index (κ3) is 5.70. The average molecular weight is 529 g/mol. The van der Waals surface area contributed by atoms with Gasteiger partial charge in [-0.05, 0) is 65.7 Å². The zero-order valence-corrected chi connectivity index (χ0v) is 20.3. The van der Waals surface area contributed by atoms with Gasteiger partial charge in [0.1, 0.15) is 10.4 Å². The van der Waals surface area contributed by atoms with Crippen LogP contribution in [-0.2, 0) is 24.8 Å². The van der Waals surface area contributed by atoms with Crippen molar-refractivity contribution in [1.82, 2.24) is 9.97 Å². The van der Waals surface area contributed by atoms with Crippen LogP contribution in [0.2, 0.25) is 5.02 Å². The fourth-order valence-electron chi connectivity index (χ4n) is 3.90. The number of hydrogen-bond acceptors (Lipinski definition) is 6. The highest BCUT2D eigenvalue weighted by atomic mass is 79.9. The summed E-state index contributed by atoms with van der Waals surface area (Å²) >= 11 is 9.49. The van der Waals surface area contributed by atoms with E-state index in [4.69, 9.17) is 11.6 Å². The number of aromatic nitrogens is 2. The van der Waals surface area contributed by atoms with Gasteiger partial charge in [0, 0.05) is 19.1 Å². The minimum atomic E-state index is -3.49. The van der Waals surface area contributed by atoms with Gasteiger partial charge < -0.3 is 5.32 Å². The molecule has 7 nitrogen and oxygen atoms in total. The van der Waals surface area contributed by atoms with Crippen LogP contribution in [0.4, 0.5) is 5.82 Å². The smallest absolute Gasteiger partial charge is 0.235 e.